The molecule has 74 valence electrons. The maximum absolute atomic E-state index is 5.58. The Morgan fingerprint density at radius 1 is 1.38 bits per heavy atom. The van der Waals surface area contributed by atoms with Crippen molar-refractivity contribution in [1.29, 1.82) is 0 Å². The molecule has 13 heavy (non-hydrogen) atoms. The molecule has 0 amide bonds. The summed E-state index contributed by atoms with van der Waals surface area (Å²) in [4.78, 5) is 0. The number of rotatable bonds is 3. The Kier molecular flexibility index (Phi) is 2.58. The third kappa shape index (κ3) is 2.25. The maximum Gasteiger partial charge on any atom is 0.0971 e. The molecule has 0 aromatic rings. The summed E-state index contributed by atoms with van der Waals surface area (Å²) in [5, 5.41) is 0. The van der Waals surface area contributed by atoms with Crippen molar-refractivity contribution >= 4 is 0 Å². The van der Waals surface area contributed by atoms with Crippen LogP contribution in [0.1, 0.15) is 32.6 Å². The van der Waals surface area contributed by atoms with E-state index in [0.717, 1.165) is 19.8 Å². The van der Waals surface area contributed by atoms with Gasteiger partial charge in [-0.1, -0.05) is 6.92 Å². The van der Waals surface area contributed by atoms with E-state index in [1.54, 1.807) is 0 Å². The van der Waals surface area contributed by atoms with Gasteiger partial charge in [0.2, 0.25) is 0 Å². The van der Waals surface area contributed by atoms with E-state index in [9.17, 15) is 0 Å². The zero-order chi connectivity index (χ0) is 9.15. The fourth-order valence-electron chi connectivity index (χ4n) is 1.84. The summed E-state index contributed by atoms with van der Waals surface area (Å²) in [7, 11) is 0. The van der Waals surface area contributed by atoms with Crippen LogP contribution in [0.3, 0.4) is 0 Å². The molecule has 1 heterocycles. The van der Waals surface area contributed by atoms with Gasteiger partial charge in [-0.15, -0.1) is 0 Å². The third-order valence-corrected chi connectivity index (χ3v) is 2.83. The van der Waals surface area contributed by atoms with Crippen LogP contribution in [0.15, 0.2) is 11.8 Å². The monoisotopic (exact) mass is 182 g/mol. The van der Waals surface area contributed by atoms with Gasteiger partial charge in [-0.2, -0.15) is 0 Å². The molecule has 0 spiro atoms. The Morgan fingerprint density at radius 2 is 2.08 bits per heavy atom. The molecule has 2 fully saturated rings. The summed E-state index contributed by atoms with van der Waals surface area (Å²) in [5.41, 5.74) is 1.78. The van der Waals surface area contributed by atoms with Crippen LogP contribution in [-0.2, 0) is 9.47 Å². The molecular weight excluding hydrogens is 164 g/mol. The lowest BCUT2D eigenvalue weighted by atomic mass is 9.90. The topological polar surface area (TPSA) is 18.5 Å². The predicted octanol–water partition coefficient (Wildman–Crippen LogP) is 2.50. The summed E-state index contributed by atoms with van der Waals surface area (Å²) in [6, 6.07) is 0. The molecule has 0 aromatic carbocycles. The van der Waals surface area contributed by atoms with Crippen LogP contribution in [-0.4, -0.2) is 19.8 Å². The molecule has 1 saturated heterocycles. The molecule has 2 nitrogen and oxygen atoms in total. The SMILES string of the molecule is CC1(COC=C2CCCC2)COC1. The average Bonchev–Trinajstić information content (AvgIpc) is 2.54. The minimum absolute atomic E-state index is 0.287. The summed E-state index contributed by atoms with van der Waals surface area (Å²) in [6.07, 6.45) is 7.15. The second-order valence-electron chi connectivity index (χ2n) is 4.60. The highest BCUT2D eigenvalue weighted by Crippen LogP contribution is 2.28. The molecule has 0 aromatic heterocycles. The van der Waals surface area contributed by atoms with E-state index in [2.05, 4.69) is 6.92 Å². The van der Waals surface area contributed by atoms with Gasteiger partial charge in [-0.25, -0.2) is 0 Å². The van der Waals surface area contributed by atoms with Crippen molar-refractivity contribution in [3.8, 4) is 0 Å². The first-order valence-corrected chi connectivity index (χ1v) is 5.16. The van der Waals surface area contributed by atoms with E-state index in [4.69, 9.17) is 9.47 Å². The summed E-state index contributed by atoms with van der Waals surface area (Å²) >= 11 is 0. The molecular formula is C11H18O2. The van der Waals surface area contributed by atoms with Crippen LogP contribution in [0.4, 0.5) is 0 Å². The maximum atomic E-state index is 5.58. The Morgan fingerprint density at radius 3 is 2.62 bits per heavy atom. The third-order valence-electron chi connectivity index (χ3n) is 2.83. The van der Waals surface area contributed by atoms with Crippen molar-refractivity contribution in [3.63, 3.8) is 0 Å². The van der Waals surface area contributed by atoms with Crippen LogP contribution in [0.5, 0.6) is 0 Å². The van der Waals surface area contributed by atoms with Gasteiger partial charge in [-0.3, -0.25) is 0 Å². The molecule has 0 radical (unpaired) electrons. The molecule has 1 saturated carbocycles. The number of hydrogen-bond donors (Lipinski definition) is 0. The van der Waals surface area contributed by atoms with Crippen LogP contribution < -0.4 is 0 Å². The van der Waals surface area contributed by atoms with E-state index in [-0.39, 0.29) is 5.41 Å². The second-order valence-corrected chi connectivity index (χ2v) is 4.60. The molecule has 2 heteroatoms. The van der Waals surface area contributed by atoms with Crippen LogP contribution >= 0.6 is 0 Å². The minimum Gasteiger partial charge on any atom is -0.500 e. The standard InChI is InChI=1S/C11H18O2/c1-11(8-13-9-11)7-12-6-10-4-2-3-5-10/h6H,2-5,7-9H2,1H3. The lowest BCUT2D eigenvalue weighted by Crippen LogP contribution is -2.43. The molecule has 1 aliphatic carbocycles. The summed E-state index contributed by atoms with van der Waals surface area (Å²) in [6.45, 7) is 4.74. The summed E-state index contributed by atoms with van der Waals surface area (Å²) in [5.74, 6) is 0. The molecule has 2 rings (SSSR count). The van der Waals surface area contributed by atoms with Gasteiger partial charge in [0.05, 0.1) is 26.1 Å². The highest BCUT2D eigenvalue weighted by molar-refractivity contribution is 5.02. The number of hydrogen-bond acceptors (Lipinski definition) is 2. The zero-order valence-electron chi connectivity index (χ0n) is 8.34. The smallest absolute Gasteiger partial charge is 0.0971 e. The van der Waals surface area contributed by atoms with Crippen molar-refractivity contribution in [2.75, 3.05) is 19.8 Å². The van der Waals surface area contributed by atoms with E-state index in [1.165, 1.54) is 31.3 Å². The van der Waals surface area contributed by atoms with Crippen molar-refractivity contribution < 1.29 is 9.47 Å². The molecule has 0 atom stereocenters. The molecule has 0 N–H and O–H groups in total. The normalized spacial score (nSPS) is 25.5. The highest BCUT2D eigenvalue weighted by atomic mass is 16.5. The fraction of sp³-hybridized carbons (Fsp3) is 0.818. The van der Waals surface area contributed by atoms with Gasteiger partial charge in [-0.05, 0) is 31.3 Å². The van der Waals surface area contributed by atoms with E-state index in [1.807, 2.05) is 6.26 Å². The van der Waals surface area contributed by atoms with Gasteiger partial charge in [0, 0.05) is 5.41 Å². The van der Waals surface area contributed by atoms with Crippen molar-refractivity contribution in [2.24, 2.45) is 5.41 Å². The van der Waals surface area contributed by atoms with E-state index in [0.29, 0.717) is 0 Å². The van der Waals surface area contributed by atoms with Gasteiger partial charge in [0.1, 0.15) is 0 Å². The quantitative estimate of drug-likeness (QED) is 0.624. The lowest BCUT2D eigenvalue weighted by molar-refractivity contribution is -0.127. The van der Waals surface area contributed by atoms with Gasteiger partial charge in [0.25, 0.3) is 0 Å². The molecule has 0 bridgehead atoms. The van der Waals surface area contributed by atoms with Gasteiger partial charge in [0.15, 0.2) is 0 Å². The first kappa shape index (κ1) is 9.07. The Balaban J connectivity index is 1.70. The Labute approximate surface area is 79.9 Å². The molecule has 0 unspecified atom stereocenters. The highest BCUT2D eigenvalue weighted by Gasteiger charge is 2.33. The van der Waals surface area contributed by atoms with Crippen molar-refractivity contribution in [3.05, 3.63) is 11.8 Å². The van der Waals surface area contributed by atoms with E-state index < -0.39 is 0 Å². The zero-order valence-corrected chi connectivity index (χ0v) is 8.34. The second kappa shape index (κ2) is 3.70. The fourth-order valence-corrected chi connectivity index (χ4v) is 1.84. The lowest BCUT2D eigenvalue weighted by Gasteiger charge is -2.37. The predicted molar refractivity (Wildman–Crippen MR) is 51.4 cm³/mol. The molecule has 1 aliphatic heterocycles. The first-order valence-electron chi connectivity index (χ1n) is 5.16. The van der Waals surface area contributed by atoms with Crippen LogP contribution in [0.2, 0.25) is 0 Å². The first-order chi connectivity index (χ1) is 6.29. The average molecular weight is 182 g/mol. The van der Waals surface area contributed by atoms with Crippen LogP contribution in [0, 0.1) is 5.41 Å². The van der Waals surface area contributed by atoms with E-state index >= 15 is 0 Å². The number of allylic oxidation sites excluding steroid dienone is 1. The Bertz CT molecular complexity index is 196. The van der Waals surface area contributed by atoms with Crippen LogP contribution in [0.25, 0.3) is 0 Å². The largest absolute Gasteiger partial charge is 0.500 e. The number of ether oxygens (including phenoxy) is 2. The minimum atomic E-state index is 0.287. The van der Waals surface area contributed by atoms with Crippen molar-refractivity contribution in [1.82, 2.24) is 0 Å². The van der Waals surface area contributed by atoms with Gasteiger partial charge >= 0.3 is 0 Å². The van der Waals surface area contributed by atoms with Crippen molar-refractivity contribution in [2.45, 2.75) is 32.6 Å². The van der Waals surface area contributed by atoms with Gasteiger partial charge < -0.3 is 9.47 Å². The molecule has 2 aliphatic rings. The Hall–Kier alpha value is -0.500. The summed E-state index contributed by atoms with van der Waals surface area (Å²) < 4.78 is 10.7.